The summed E-state index contributed by atoms with van der Waals surface area (Å²) in [7, 11) is 3.48. The number of halogens is 1. The minimum atomic E-state index is -1.54. The number of methoxy groups -OCH3 is 3. The van der Waals surface area contributed by atoms with Gasteiger partial charge in [-0.3, -0.25) is 0 Å². The zero-order valence-electron chi connectivity index (χ0n) is 18.7. The van der Waals surface area contributed by atoms with Crippen molar-refractivity contribution in [3.63, 3.8) is 0 Å². The first-order chi connectivity index (χ1) is 16.1. The summed E-state index contributed by atoms with van der Waals surface area (Å²) in [6.07, 6.45) is 0. The molecule has 5 heteroatoms. The van der Waals surface area contributed by atoms with Crippen molar-refractivity contribution in [1.82, 2.24) is 0 Å². The maximum absolute atomic E-state index is 6.05. The van der Waals surface area contributed by atoms with Crippen molar-refractivity contribution in [3.05, 3.63) is 108 Å². The van der Waals surface area contributed by atoms with E-state index in [1.165, 1.54) is 25.8 Å². The fourth-order valence-corrected chi connectivity index (χ4v) is 9.73. The van der Waals surface area contributed by atoms with Crippen molar-refractivity contribution >= 4 is 23.3 Å². The van der Waals surface area contributed by atoms with E-state index >= 15 is 0 Å². The average molecular weight is 521 g/mol. The fraction of sp³-hybridized carbons (Fsp3) is 0.143. The highest BCUT2D eigenvalue weighted by molar-refractivity contribution is 9.58. The van der Waals surface area contributed by atoms with Crippen LogP contribution in [0.4, 0.5) is 0 Å². The van der Waals surface area contributed by atoms with Crippen LogP contribution in [0.1, 0.15) is 11.1 Å². The van der Waals surface area contributed by atoms with Crippen molar-refractivity contribution in [2.75, 3.05) is 21.3 Å². The summed E-state index contributed by atoms with van der Waals surface area (Å²) in [5, 5.41) is 0. The van der Waals surface area contributed by atoms with Gasteiger partial charge in [-0.15, -0.1) is 0 Å². The van der Waals surface area contributed by atoms with E-state index in [0.717, 1.165) is 16.9 Å². The molecule has 0 amide bonds. The Balaban J connectivity index is 1.71. The van der Waals surface area contributed by atoms with Gasteiger partial charge in [0.1, 0.15) is 5.75 Å². The Morgan fingerprint density at radius 2 is 1.24 bits per heavy atom. The Bertz CT molecular complexity index is 1290. The first-order valence-corrected chi connectivity index (χ1v) is 14.1. The Morgan fingerprint density at radius 3 is 1.91 bits per heavy atom. The molecule has 33 heavy (non-hydrogen) atoms. The van der Waals surface area contributed by atoms with Crippen LogP contribution in [0.25, 0.3) is 11.1 Å². The molecule has 4 aromatic carbocycles. The first kappa shape index (κ1) is 22.2. The van der Waals surface area contributed by atoms with Crippen LogP contribution >= 0.6 is 23.3 Å². The van der Waals surface area contributed by atoms with Crippen LogP contribution in [0, 0.1) is 0 Å². The van der Waals surface area contributed by atoms with E-state index in [2.05, 4.69) is 87.6 Å². The summed E-state index contributed by atoms with van der Waals surface area (Å²) in [6, 6.07) is 33.7. The largest absolute Gasteiger partial charge is 0.497 e. The molecule has 1 aliphatic rings. The molecule has 1 heterocycles. The lowest BCUT2D eigenvalue weighted by molar-refractivity contribution is -0.183. The summed E-state index contributed by atoms with van der Waals surface area (Å²) in [6.45, 7) is 0. The van der Waals surface area contributed by atoms with E-state index in [4.69, 9.17) is 14.2 Å². The molecule has 1 unspecified atom stereocenters. The highest BCUT2D eigenvalue weighted by atomic mass is 79.9. The van der Waals surface area contributed by atoms with Gasteiger partial charge in [0.25, 0.3) is 0 Å². The third-order valence-electron chi connectivity index (χ3n) is 6.26. The molecule has 0 fully saturated rings. The van der Waals surface area contributed by atoms with Crippen LogP contribution in [0.3, 0.4) is 0 Å². The predicted octanol–water partition coefficient (Wildman–Crippen LogP) is 7.76. The summed E-state index contributed by atoms with van der Waals surface area (Å²) in [5.41, 5.74) is 4.28. The van der Waals surface area contributed by atoms with Gasteiger partial charge in [-0.2, -0.15) is 0 Å². The summed E-state index contributed by atoms with van der Waals surface area (Å²) in [4.78, 5) is 3.88. The van der Waals surface area contributed by atoms with Crippen molar-refractivity contribution in [3.8, 4) is 16.9 Å². The monoisotopic (exact) mass is 520 g/mol. The number of hydrogen-bond donors (Lipinski definition) is 0. The number of rotatable bonds is 6. The molecule has 0 bridgehead atoms. The van der Waals surface area contributed by atoms with E-state index in [1.807, 2.05) is 24.3 Å². The van der Waals surface area contributed by atoms with Crippen LogP contribution in [-0.2, 0) is 15.3 Å². The van der Waals surface area contributed by atoms with Gasteiger partial charge in [-0.05, 0) is 80.5 Å². The Morgan fingerprint density at radius 1 is 0.636 bits per heavy atom. The van der Waals surface area contributed by atoms with Crippen LogP contribution in [0.15, 0.2) is 112 Å². The Labute approximate surface area is 203 Å². The third-order valence-corrected chi connectivity index (χ3v) is 12.3. The van der Waals surface area contributed by atoms with Crippen molar-refractivity contribution < 1.29 is 14.2 Å². The fourth-order valence-electron chi connectivity index (χ4n) is 4.64. The number of fused-ring (bicyclic) bond motifs is 3. The van der Waals surface area contributed by atoms with E-state index < -0.39 is 14.2 Å². The quantitative estimate of drug-likeness (QED) is 0.243. The lowest BCUT2D eigenvalue weighted by Crippen LogP contribution is -2.32. The maximum Gasteiger partial charge on any atom is 0.221 e. The van der Waals surface area contributed by atoms with E-state index in [1.54, 1.807) is 21.3 Å². The van der Waals surface area contributed by atoms with E-state index in [0.29, 0.717) is 0 Å². The zero-order chi connectivity index (χ0) is 23.1. The molecular weight excluding hydrogens is 496 g/mol. The van der Waals surface area contributed by atoms with Crippen molar-refractivity contribution in [2.24, 2.45) is 0 Å². The van der Waals surface area contributed by atoms with E-state index in [-0.39, 0.29) is 0 Å². The smallest absolute Gasteiger partial charge is 0.221 e. The molecule has 0 aliphatic carbocycles. The molecule has 0 saturated carbocycles. The molecule has 0 radical (unpaired) electrons. The number of hydrogen-bond acceptors (Lipinski definition) is 3. The number of benzene rings is 4. The van der Waals surface area contributed by atoms with Gasteiger partial charge in [0, 0.05) is 40.0 Å². The third kappa shape index (κ3) is 3.34. The van der Waals surface area contributed by atoms with Gasteiger partial charge < -0.3 is 14.2 Å². The van der Waals surface area contributed by atoms with Gasteiger partial charge >= 0.3 is 0 Å². The van der Waals surface area contributed by atoms with Crippen LogP contribution < -0.4 is 4.74 Å². The minimum Gasteiger partial charge on any atom is -0.497 e. The second-order valence-corrected chi connectivity index (χ2v) is 13.2. The van der Waals surface area contributed by atoms with E-state index in [9.17, 15) is 0 Å². The average Bonchev–Trinajstić information content (AvgIpc) is 3.15. The first-order valence-electron chi connectivity index (χ1n) is 10.7. The lowest BCUT2D eigenvalue weighted by Gasteiger charge is -2.34. The second-order valence-electron chi connectivity index (χ2n) is 7.81. The summed E-state index contributed by atoms with van der Waals surface area (Å²) < 4.78 is 17.4. The second kappa shape index (κ2) is 8.65. The van der Waals surface area contributed by atoms with Crippen molar-refractivity contribution in [1.29, 1.82) is 0 Å². The summed E-state index contributed by atoms with van der Waals surface area (Å²) in [5.74, 6) is -0.242. The highest BCUT2D eigenvalue weighted by Gasteiger charge is 2.41. The summed E-state index contributed by atoms with van der Waals surface area (Å²) >= 11 is 4.23. The molecular formula is C28H25BrO3S. The molecule has 0 saturated heterocycles. The topological polar surface area (TPSA) is 27.7 Å². The van der Waals surface area contributed by atoms with Gasteiger partial charge in [-0.1, -0.05) is 50.9 Å². The molecule has 168 valence electrons. The highest BCUT2D eigenvalue weighted by Crippen LogP contribution is 2.80. The Kier molecular flexibility index (Phi) is 5.83. The zero-order valence-corrected chi connectivity index (χ0v) is 21.2. The standard InChI is InChI=1S/C28H25BrO3S/c1-30-22-16-13-20(14-17-22)28(31-2,32-3)21-15-18-27-25(19-21)24-11-7-8-12-26(24)33(27,29)23-9-5-4-6-10-23/h4-19H,1-3H3. The maximum atomic E-state index is 6.05. The molecule has 1 atom stereocenters. The molecule has 0 aromatic heterocycles. The predicted molar refractivity (Wildman–Crippen MR) is 137 cm³/mol. The van der Waals surface area contributed by atoms with Gasteiger partial charge in [0.15, 0.2) is 0 Å². The van der Waals surface area contributed by atoms with Crippen LogP contribution in [-0.4, -0.2) is 21.3 Å². The molecule has 0 spiro atoms. The van der Waals surface area contributed by atoms with Gasteiger partial charge in [0.05, 0.1) is 7.11 Å². The van der Waals surface area contributed by atoms with Crippen LogP contribution in [0.5, 0.6) is 5.75 Å². The molecule has 1 aliphatic heterocycles. The normalized spacial score (nSPS) is 18.8. The molecule has 4 aromatic rings. The SMILES string of the molecule is COc1ccc(C(OC)(OC)c2ccc3c(c2)-c2ccccc2S3(Br)c2ccccc2)cc1. The minimum absolute atomic E-state index is 0.790. The van der Waals surface area contributed by atoms with Crippen molar-refractivity contribution in [2.45, 2.75) is 20.5 Å². The van der Waals surface area contributed by atoms with Crippen LogP contribution in [0.2, 0.25) is 0 Å². The lowest BCUT2D eigenvalue weighted by atomic mass is 9.93. The molecule has 3 nitrogen and oxygen atoms in total. The molecule has 0 N–H and O–H groups in total. The van der Waals surface area contributed by atoms with Gasteiger partial charge in [0.2, 0.25) is 5.79 Å². The van der Waals surface area contributed by atoms with Gasteiger partial charge in [-0.25, -0.2) is 0 Å². The molecule has 5 rings (SSSR count). The number of ether oxygens (including phenoxy) is 3. The Hall–Kier alpha value is -2.57.